The molecule has 0 N–H and O–H groups in total. The molecule has 0 spiro atoms. The summed E-state index contributed by atoms with van der Waals surface area (Å²) in [6.45, 7) is 0. The van der Waals surface area contributed by atoms with E-state index in [1.165, 1.54) is 0 Å². The SMILES string of the molecule is COc1cccc[o+]1. The standard InChI is InChI=1S/C6H7O2/c1-7-6-4-2-3-5-8-6/h2-5H,1H3/q+1. The van der Waals surface area contributed by atoms with E-state index in [9.17, 15) is 0 Å². The van der Waals surface area contributed by atoms with Crippen molar-refractivity contribution in [3.05, 3.63) is 24.5 Å². The monoisotopic (exact) mass is 111 g/mol. The van der Waals surface area contributed by atoms with Crippen molar-refractivity contribution in [1.82, 2.24) is 0 Å². The van der Waals surface area contributed by atoms with Crippen LogP contribution in [0.2, 0.25) is 0 Å². The first-order valence-corrected chi connectivity index (χ1v) is 2.34. The molecule has 2 heteroatoms. The van der Waals surface area contributed by atoms with Crippen molar-refractivity contribution in [3.63, 3.8) is 0 Å². The van der Waals surface area contributed by atoms with E-state index >= 15 is 0 Å². The second-order valence-corrected chi connectivity index (χ2v) is 1.33. The number of hydrogen-bond acceptors (Lipinski definition) is 1. The van der Waals surface area contributed by atoms with E-state index in [1.54, 1.807) is 25.5 Å². The van der Waals surface area contributed by atoms with Crippen molar-refractivity contribution < 1.29 is 9.15 Å². The summed E-state index contributed by atoms with van der Waals surface area (Å²) >= 11 is 0. The molecule has 0 bridgehead atoms. The van der Waals surface area contributed by atoms with Gasteiger partial charge in [-0.3, -0.25) is 4.42 Å². The first-order chi connectivity index (χ1) is 3.93. The van der Waals surface area contributed by atoms with Crippen LogP contribution in [0, 0.1) is 0 Å². The normalized spacial score (nSPS) is 8.62. The van der Waals surface area contributed by atoms with Gasteiger partial charge in [0.25, 0.3) is 0 Å². The fourth-order valence-corrected chi connectivity index (χ4v) is 0.441. The van der Waals surface area contributed by atoms with Gasteiger partial charge in [0.05, 0.1) is 6.07 Å². The summed E-state index contributed by atoms with van der Waals surface area (Å²) in [5.41, 5.74) is 0. The largest absolute Gasteiger partial charge is 0.517 e. The zero-order chi connectivity index (χ0) is 5.82. The molecule has 0 amide bonds. The Balaban J connectivity index is 2.83. The lowest BCUT2D eigenvalue weighted by atomic mass is 10.5. The fourth-order valence-electron chi connectivity index (χ4n) is 0.441. The van der Waals surface area contributed by atoms with Crippen LogP contribution in [0.3, 0.4) is 0 Å². The van der Waals surface area contributed by atoms with Gasteiger partial charge in [0.1, 0.15) is 0 Å². The number of ether oxygens (including phenoxy) is 1. The predicted molar refractivity (Wildman–Crippen MR) is 29.7 cm³/mol. The summed E-state index contributed by atoms with van der Waals surface area (Å²) in [5, 5.41) is 0. The molecule has 1 aromatic rings. The van der Waals surface area contributed by atoms with Crippen LogP contribution in [0.15, 0.2) is 28.9 Å². The Labute approximate surface area is 47.7 Å². The van der Waals surface area contributed by atoms with Crippen molar-refractivity contribution in [2.75, 3.05) is 7.11 Å². The van der Waals surface area contributed by atoms with E-state index in [0.29, 0.717) is 5.95 Å². The average Bonchev–Trinajstić information content (AvgIpc) is 1.90. The van der Waals surface area contributed by atoms with Crippen LogP contribution < -0.4 is 4.74 Å². The lowest BCUT2D eigenvalue weighted by Crippen LogP contribution is -1.78. The van der Waals surface area contributed by atoms with Crippen LogP contribution in [0.1, 0.15) is 0 Å². The summed E-state index contributed by atoms with van der Waals surface area (Å²) in [6.07, 6.45) is 1.57. The highest BCUT2D eigenvalue weighted by Gasteiger charge is 1.98. The van der Waals surface area contributed by atoms with Crippen LogP contribution in [0.4, 0.5) is 0 Å². The molecule has 0 radical (unpaired) electrons. The lowest BCUT2D eigenvalue weighted by Gasteiger charge is -1.78. The molecule has 0 aromatic carbocycles. The summed E-state index contributed by atoms with van der Waals surface area (Å²) in [4.78, 5) is 0. The van der Waals surface area contributed by atoms with Crippen LogP contribution in [0.25, 0.3) is 0 Å². The minimum atomic E-state index is 0.535. The molecule has 2 nitrogen and oxygen atoms in total. The van der Waals surface area contributed by atoms with Crippen molar-refractivity contribution in [3.8, 4) is 5.95 Å². The quantitative estimate of drug-likeness (QED) is 0.513. The molecule has 8 heavy (non-hydrogen) atoms. The maximum absolute atomic E-state index is 4.85. The average molecular weight is 111 g/mol. The molecule has 0 unspecified atom stereocenters. The van der Waals surface area contributed by atoms with Gasteiger partial charge in [-0.15, -0.1) is 0 Å². The molecule has 0 aliphatic rings. The predicted octanol–water partition coefficient (Wildman–Crippen LogP) is 1.57. The summed E-state index contributed by atoms with van der Waals surface area (Å²) in [5.74, 6) is 0.535. The molecule has 0 saturated heterocycles. The van der Waals surface area contributed by atoms with Crippen molar-refractivity contribution in [1.29, 1.82) is 0 Å². The topological polar surface area (TPSA) is 20.5 Å². The van der Waals surface area contributed by atoms with Crippen LogP contribution >= 0.6 is 0 Å². The Morgan fingerprint density at radius 3 is 2.75 bits per heavy atom. The molecule has 1 aromatic heterocycles. The molecular weight excluding hydrogens is 104 g/mol. The molecular formula is C6H7O2+. The minimum Gasteiger partial charge on any atom is -0.321 e. The first kappa shape index (κ1) is 5.09. The van der Waals surface area contributed by atoms with Crippen molar-refractivity contribution in [2.45, 2.75) is 0 Å². The van der Waals surface area contributed by atoms with Gasteiger partial charge < -0.3 is 4.74 Å². The second kappa shape index (κ2) is 2.31. The minimum absolute atomic E-state index is 0.535. The lowest BCUT2D eigenvalue weighted by molar-refractivity contribution is 0.297. The van der Waals surface area contributed by atoms with Gasteiger partial charge in [0, 0.05) is 6.07 Å². The third kappa shape index (κ3) is 0.964. The van der Waals surface area contributed by atoms with E-state index in [1.807, 2.05) is 6.07 Å². The number of rotatable bonds is 1. The van der Waals surface area contributed by atoms with Gasteiger partial charge in [-0.25, -0.2) is 0 Å². The van der Waals surface area contributed by atoms with Crippen LogP contribution in [-0.2, 0) is 0 Å². The van der Waals surface area contributed by atoms with E-state index < -0.39 is 0 Å². The zero-order valence-corrected chi connectivity index (χ0v) is 4.63. The third-order valence-electron chi connectivity index (χ3n) is 0.807. The fraction of sp³-hybridized carbons (Fsp3) is 0.167. The van der Waals surface area contributed by atoms with Gasteiger partial charge in [0.2, 0.25) is 6.26 Å². The molecule has 0 saturated carbocycles. The first-order valence-electron chi connectivity index (χ1n) is 2.34. The Hall–Kier alpha value is -1.05. The van der Waals surface area contributed by atoms with Gasteiger partial charge in [-0.05, 0) is 6.07 Å². The van der Waals surface area contributed by atoms with E-state index in [2.05, 4.69) is 0 Å². The Kier molecular flexibility index (Phi) is 1.47. The summed E-state index contributed by atoms with van der Waals surface area (Å²) < 4.78 is 9.60. The van der Waals surface area contributed by atoms with E-state index in [0.717, 1.165) is 0 Å². The van der Waals surface area contributed by atoms with Gasteiger partial charge in [-0.1, -0.05) is 0 Å². The van der Waals surface area contributed by atoms with Gasteiger partial charge >= 0.3 is 5.95 Å². The summed E-state index contributed by atoms with van der Waals surface area (Å²) in [7, 11) is 1.57. The Morgan fingerprint density at radius 2 is 2.38 bits per heavy atom. The van der Waals surface area contributed by atoms with E-state index in [-0.39, 0.29) is 0 Å². The Bertz CT molecular complexity index is 148. The molecule has 0 atom stereocenters. The van der Waals surface area contributed by atoms with Crippen molar-refractivity contribution >= 4 is 0 Å². The van der Waals surface area contributed by atoms with Crippen LogP contribution in [0.5, 0.6) is 5.95 Å². The maximum Gasteiger partial charge on any atom is 0.517 e. The van der Waals surface area contributed by atoms with Gasteiger partial charge in [0.15, 0.2) is 7.11 Å². The highest BCUT2D eigenvalue weighted by atomic mass is 16.6. The smallest absolute Gasteiger partial charge is 0.321 e. The highest BCUT2D eigenvalue weighted by molar-refractivity contribution is 5.03. The molecule has 1 rings (SSSR count). The molecule has 0 aliphatic carbocycles. The summed E-state index contributed by atoms with van der Waals surface area (Å²) in [6, 6.07) is 5.39. The molecule has 1 heterocycles. The second-order valence-electron chi connectivity index (χ2n) is 1.33. The molecule has 0 aliphatic heterocycles. The van der Waals surface area contributed by atoms with Gasteiger partial charge in [-0.2, -0.15) is 0 Å². The number of methoxy groups -OCH3 is 1. The Morgan fingerprint density at radius 1 is 1.50 bits per heavy atom. The van der Waals surface area contributed by atoms with E-state index in [4.69, 9.17) is 9.15 Å². The third-order valence-corrected chi connectivity index (χ3v) is 0.807. The number of hydrogen-bond donors (Lipinski definition) is 0. The maximum atomic E-state index is 4.85. The zero-order valence-electron chi connectivity index (χ0n) is 4.63. The highest BCUT2D eigenvalue weighted by Crippen LogP contribution is 2.05. The van der Waals surface area contributed by atoms with Crippen molar-refractivity contribution in [2.24, 2.45) is 0 Å². The molecule has 0 fully saturated rings. The van der Waals surface area contributed by atoms with Crippen LogP contribution in [-0.4, -0.2) is 7.11 Å². The molecule has 42 valence electrons.